The largest absolute Gasteiger partial charge is 0.337 e. The number of nitrogens with one attached hydrogen (secondary N) is 2. The van der Waals surface area contributed by atoms with Crippen LogP contribution in [0.2, 0.25) is 0 Å². The van der Waals surface area contributed by atoms with Gasteiger partial charge in [-0.3, -0.25) is 5.10 Å². The molecule has 0 spiro atoms. The van der Waals surface area contributed by atoms with Crippen molar-refractivity contribution in [3.8, 4) is 0 Å². The predicted molar refractivity (Wildman–Crippen MR) is 92.9 cm³/mol. The maximum Gasteiger partial charge on any atom is 0.317 e. The number of H-pyrrole nitrogens is 1. The zero-order valence-electron chi connectivity index (χ0n) is 13.9. The number of rotatable bonds is 4. The van der Waals surface area contributed by atoms with Crippen molar-refractivity contribution in [1.82, 2.24) is 20.4 Å². The number of aromatic amines is 1. The first-order chi connectivity index (χ1) is 11.1. The first-order valence-corrected chi connectivity index (χ1v) is 9.05. The summed E-state index contributed by atoms with van der Waals surface area (Å²) in [5.41, 5.74) is 3.25. The van der Waals surface area contributed by atoms with E-state index in [0.29, 0.717) is 12.5 Å². The molecule has 0 saturated carbocycles. The molecule has 2 N–H and O–H groups in total. The van der Waals surface area contributed by atoms with Crippen LogP contribution in [0.15, 0.2) is 17.5 Å². The molecular formula is C17H24N4OS. The van der Waals surface area contributed by atoms with Gasteiger partial charge in [0.15, 0.2) is 0 Å². The lowest BCUT2D eigenvalue weighted by atomic mass is 10.0. The number of hydrogen-bond acceptors (Lipinski definition) is 3. The molecule has 124 valence electrons. The second-order valence-electron chi connectivity index (χ2n) is 6.30. The van der Waals surface area contributed by atoms with E-state index in [2.05, 4.69) is 40.0 Å². The number of carbonyl (C=O) groups is 1. The number of aryl methyl sites for hydroxylation is 2. The van der Waals surface area contributed by atoms with Crippen molar-refractivity contribution in [2.75, 3.05) is 13.1 Å². The van der Waals surface area contributed by atoms with Crippen LogP contribution in [0.5, 0.6) is 0 Å². The quantitative estimate of drug-likeness (QED) is 0.896. The Balaban J connectivity index is 1.64. The van der Waals surface area contributed by atoms with Crippen LogP contribution < -0.4 is 5.32 Å². The van der Waals surface area contributed by atoms with Crippen LogP contribution >= 0.6 is 11.3 Å². The summed E-state index contributed by atoms with van der Waals surface area (Å²) < 4.78 is 0. The number of nitrogens with zero attached hydrogens (tertiary/aromatic N) is 2. The summed E-state index contributed by atoms with van der Waals surface area (Å²) in [7, 11) is 0. The maximum atomic E-state index is 12.6. The van der Waals surface area contributed by atoms with Gasteiger partial charge in [-0.15, -0.1) is 11.3 Å². The minimum Gasteiger partial charge on any atom is -0.337 e. The number of carbonyl (C=O) groups excluding carboxylic acids is 1. The number of thiophene rings is 1. The summed E-state index contributed by atoms with van der Waals surface area (Å²) in [6, 6.07) is 4.36. The molecule has 3 heterocycles. The SMILES string of the molecule is Cc1n[nH]c(C)c1[C@H]1CCCN1C(=O)NC[C@@H](C)c1cccs1. The van der Waals surface area contributed by atoms with Gasteiger partial charge >= 0.3 is 6.03 Å². The topological polar surface area (TPSA) is 61.0 Å². The Kier molecular flexibility index (Phi) is 4.71. The normalized spacial score (nSPS) is 19.1. The van der Waals surface area contributed by atoms with Gasteiger partial charge < -0.3 is 10.2 Å². The Morgan fingerprint density at radius 1 is 1.57 bits per heavy atom. The molecule has 0 unspecified atom stereocenters. The third-order valence-electron chi connectivity index (χ3n) is 4.62. The van der Waals surface area contributed by atoms with Crippen LogP contribution in [-0.4, -0.2) is 34.2 Å². The lowest BCUT2D eigenvalue weighted by Crippen LogP contribution is -2.41. The third-order valence-corrected chi connectivity index (χ3v) is 5.72. The fourth-order valence-electron chi connectivity index (χ4n) is 3.37. The predicted octanol–water partition coefficient (Wildman–Crippen LogP) is 3.74. The van der Waals surface area contributed by atoms with Crippen molar-refractivity contribution in [2.45, 2.75) is 45.6 Å². The first kappa shape index (κ1) is 16.1. The summed E-state index contributed by atoms with van der Waals surface area (Å²) in [5, 5.41) is 12.5. The summed E-state index contributed by atoms with van der Waals surface area (Å²) in [6.45, 7) is 7.67. The van der Waals surface area contributed by atoms with E-state index in [1.807, 2.05) is 18.7 Å². The van der Waals surface area contributed by atoms with Gasteiger partial charge in [0, 0.05) is 35.1 Å². The monoisotopic (exact) mass is 332 g/mol. The molecule has 5 nitrogen and oxygen atoms in total. The molecule has 2 atom stereocenters. The number of urea groups is 1. The molecule has 3 rings (SSSR count). The molecule has 6 heteroatoms. The highest BCUT2D eigenvalue weighted by molar-refractivity contribution is 7.10. The van der Waals surface area contributed by atoms with Gasteiger partial charge in [0.05, 0.1) is 11.7 Å². The van der Waals surface area contributed by atoms with E-state index >= 15 is 0 Å². The Morgan fingerprint density at radius 2 is 2.39 bits per heavy atom. The van der Waals surface area contributed by atoms with E-state index in [1.54, 1.807) is 11.3 Å². The zero-order valence-corrected chi connectivity index (χ0v) is 14.7. The molecule has 1 fully saturated rings. The minimum atomic E-state index is 0.0379. The van der Waals surface area contributed by atoms with E-state index in [-0.39, 0.29) is 12.1 Å². The first-order valence-electron chi connectivity index (χ1n) is 8.17. The number of likely N-dealkylation sites (tertiary alicyclic amines) is 1. The van der Waals surface area contributed by atoms with Gasteiger partial charge in [-0.1, -0.05) is 13.0 Å². The van der Waals surface area contributed by atoms with E-state index in [1.165, 1.54) is 10.4 Å². The van der Waals surface area contributed by atoms with Crippen molar-refractivity contribution in [3.63, 3.8) is 0 Å². The molecule has 2 amide bonds. The molecule has 0 bridgehead atoms. The van der Waals surface area contributed by atoms with Gasteiger partial charge in [0.1, 0.15) is 0 Å². The van der Waals surface area contributed by atoms with Crippen LogP contribution in [0.4, 0.5) is 4.79 Å². The fourth-order valence-corrected chi connectivity index (χ4v) is 4.16. The van der Waals surface area contributed by atoms with Crippen LogP contribution in [-0.2, 0) is 0 Å². The third kappa shape index (κ3) is 3.27. The van der Waals surface area contributed by atoms with E-state index in [0.717, 1.165) is 30.8 Å². The highest BCUT2D eigenvalue weighted by atomic mass is 32.1. The molecule has 23 heavy (non-hydrogen) atoms. The van der Waals surface area contributed by atoms with Crippen LogP contribution in [0, 0.1) is 13.8 Å². The lowest BCUT2D eigenvalue weighted by Gasteiger charge is -2.26. The fraction of sp³-hybridized carbons (Fsp3) is 0.529. The van der Waals surface area contributed by atoms with Gasteiger partial charge in [-0.05, 0) is 38.1 Å². The summed E-state index contributed by atoms with van der Waals surface area (Å²) in [4.78, 5) is 15.9. The van der Waals surface area contributed by atoms with Crippen LogP contribution in [0.3, 0.4) is 0 Å². The van der Waals surface area contributed by atoms with E-state index < -0.39 is 0 Å². The second kappa shape index (κ2) is 6.74. The smallest absolute Gasteiger partial charge is 0.317 e. The maximum absolute atomic E-state index is 12.6. The van der Waals surface area contributed by atoms with Crippen LogP contribution in [0.1, 0.15) is 53.6 Å². The molecule has 0 radical (unpaired) electrons. The van der Waals surface area contributed by atoms with Gasteiger partial charge in [0.25, 0.3) is 0 Å². The highest BCUT2D eigenvalue weighted by Gasteiger charge is 2.33. The van der Waals surface area contributed by atoms with Crippen molar-refractivity contribution in [2.24, 2.45) is 0 Å². The van der Waals surface area contributed by atoms with Crippen LogP contribution in [0.25, 0.3) is 0 Å². The van der Waals surface area contributed by atoms with Crippen molar-refractivity contribution >= 4 is 17.4 Å². The number of aromatic nitrogens is 2. The summed E-state index contributed by atoms with van der Waals surface area (Å²) in [6.07, 6.45) is 2.05. The molecule has 1 saturated heterocycles. The Morgan fingerprint density at radius 3 is 3.04 bits per heavy atom. The number of hydrogen-bond donors (Lipinski definition) is 2. The standard InChI is InChI=1S/C17H24N4OS/c1-11(15-7-5-9-23-15)10-18-17(22)21-8-4-6-14(21)16-12(2)19-20-13(16)3/h5,7,9,11,14H,4,6,8,10H2,1-3H3,(H,18,22)(H,19,20)/t11-,14-/m1/s1. The highest BCUT2D eigenvalue weighted by Crippen LogP contribution is 2.34. The average molecular weight is 332 g/mol. The summed E-state index contributed by atoms with van der Waals surface area (Å²) >= 11 is 1.74. The Labute approximate surface area is 141 Å². The van der Waals surface area contributed by atoms with Gasteiger partial charge in [-0.2, -0.15) is 5.10 Å². The molecule has 0 aromatic carbocycles. The zero-order chi connectivity index (χ0) is 16.4. The summed E-state index contributed by atoms with van der Waals surface area (Å²) in [5.74, 6) is 0.345. The van der Waals surface area contributed by atoms with E-state index in [4.69, 9.17) is 0 Å². The van der Waals surface area contributed by atoms with Crippen molar-refractivity contribution < 1.29 is 4.79 Å². The molecule has 2 aromatic rings. The van der Waals surface area contributed by atoms with Crippen molar-refractivity contribution in [3.05, 3.63) is 39.3 Å². The Hall–Kier alpha value is -1.82. The molecular weight excluding hydrogens is 308 g/mol. The van der Waals surface area contributed by atoms with E-state index in [9.17, 15) is 4.79 Å². The molecule has 2 aromatic heterocycles. The number of amides is 2. The van der Waals surface area contributed by atoms with Crippen molar-refractivity contribution in [1.29, 1.82) is 0 Å². The average Bonchev–Trinajstić information content (AvgIpc) is 3.25. The molecule has 1 aliphatic rings. The van der Waals surface area contributed by atoms with Gasteiger partial charge in [0.2, 0.25) is 0 Å². The second-order valence-corrected chi connectivity index (χ2v) is 7.28. The Bertz CT molecular complexity index is 645. The molecule has 0 aliphatic carbocycles. The lowest BCUT2D eigenvalue weighted by molar-refractivity contribution is 0.192. The van der Waals surface area contributed by atoms with Gasteiger partial charge in [-0.25, -0.2) is 4.79 Å². The molecule has 1 aliphatic heterocycles. The minimum absolute atomic E-state index is 0.0379.